The molecule has 2 N–H and O–H groups in total. The molecule has 0 saturated carbocycles. The molecule has 0 aliphatic rings. The van der Waals surface area contributed by atoms with Crippen LogP contribution in [0, 0.1) is 11.3 Å². The van der Waals surface area contributed by atoms with E-state index in [9.17, 15) is 0 Å². The maximum atomic E-state index is 5.47. The molecule has 0 fully saturated rings. The molecule has 0 saturated heterocycles. The summed E-state index contributed by atoms with van der Waals surface area (Å²) in [6.07, 6.45) is 1.77. The third-order valence-corrected chi connectivity index (χ3v) is 2.50. The number of hydrogen-bond acceptors (Lipinski definition) is 3. The molecule has 1 aromatic rings. The van der Waals surface area contributed by atoms with Gasteiger partial charge in [0.15, 0.2) is 5.82 Å². The fourth-order valence-electron chi connectivity index (χ4n) is 0.957. The van der Waals surface area contributed by atoms with E-state index in [0.717, 1.165) is 6.54 Å². The Morgan fingerprint density at radius 3 is 2.54 bits per heavy atom. The van der Waals surface area contributed by atoms with Crippen molar-refractivity contribution in [3.8, 4) is 0 Å². The summed E-state index contributed by atoms with van der Waals surface area (Å²) in [5.41, 5.74) is 5.76. The molecular formula is C9H18N4. The standard InChI is InChI=1S/C9H18N4/c1-7(9(2,3)4)5-13-6-8(10)11-12-13/h6-7H,5,10H2,1-4H3. The summed E-state index contributed by atoms with van der Waals surface area (Å²) in [5, 5.41) is 7.65. The van der Waals surface area contributed by atoms with E-state index in [-0.39, 0.29) is 0 Å². The molecule has 13 heavy (non-hydrogen) atoms. The molecule has 0 spiro atoms. The summed E-state index contributed by atoms with van der Waals surface area (Å²) >= 11 is 0. The zero-order valence-electron chi connectivity index (χ0n) is 8.78. The van der Waals surface area contributed by atoms with E-state index in [0.29, 0.717) is 17.2 Å². The maximum absolute atomic E-state index is 5.47. The van der Waals surface area contributed by atoms with Crippen LogP contribution in [0.25, 0.3) is 0 Å². The van der Waals surface area contributed by atoms with Crippen molar-refractivity contribution in [3.05, 3.63) is 6.20 Å². The molecule has 1 unspecified atom stereocenters. The SMILES string of the molecule is CC(Cn1cc(N)nn1)C(C)(C)C. The summed E-state index contributed by atoms with van der Waals surface area (Å²) in [5.74, 6) is 1.04. The van der Waals surface area contributed by atoms with Crippen molar-refractivity contribution in [2.75, 3.05) is 5.73 Å². The van der Waals surface area contributed by atoms with Crippen LogP contribution in [0.5, 0.6) is 0 Å². The molecule has 0 aromatic carbocycles. The fourth-order valence-corrected chi connectivity index (χ4v) is 0.957. The molecule has 0 amide bonds. The zero-order chi connectivity index (χ0) is 10.1. The molecule has 1 rings (SSSR count). The predicted octanol–water partition coefficient (Wildman–Crippen LogP) is 1.54. The van der Waals surface area contributed by atoms with Gasteiger partial charge in [-0.1, -0.05) is 32.9 Å². The molecule has 4 heteroatoms. The van der Waals surface area contributed by atoms with Crippen molar-refractivity contribution in [2.24, 2.45) is 11.3 Å². The van der Waals surface area contributed by atoms with Crippen molar-refractivity contribution >= 4 is 5.82 Å². The Bertz CT molecular complexity index is 271. The van der Waals surface area contributed by atoms with E-state index < -0.39 is 0 Å². The number of nitrogens with zero attached hydrogens (tertiary/aromatic N) is 3. The van der Waals surface area contributed by atoms with Gasteiger partial charge in [-0.3, -0.25) is 4.68 Å². The highest BCUT2D eigenvalue weighted by Crippen LogP contribution is 2.26. The lowest BCUT2D eigenvalue weighted by atomic mass is 9.82. The van der Waals surface area contributed by atoms with Crippen molar-refractivity contribution in [2.45, 2.75) is 34.2 Å². The monoisotopic (exact) mass is 182 g/mol. The second-order valence-electron chi connectivity index (χ2n) is 4.63. The lowest BCUT2D eigenvalue weighted by Gasteiger charge is -2.26. The van der Waals surface area contributed by atoms with E-state index in [1.165, 1.54) is 0 Å². The first kappa shape index (κ1) is 10.0. The maximum Gasteiger partial charge on any atom is 0.165 e. The molecule has 4 nitrogen and oxygen atoms in total. The molecule has 1 heterocycles. The Morgan fingerprint density at radius 2 is 2.15 bits per heavy atom. The van der Waals surface area contributed by atoms with Gasteiger partial charge in [0, 0.05) is 6.54 Å². The highest BCUT2D eigenvalue weighted by Gasteiger charge is 2.20. The Kier molecular flexibility index (Phi) is 2.59. The number of nitrogens with two attached hydrogens (primary N) is 1. The molecule has 1 aromatic heterocycles. The Labute approximate surface area is 79.1 Å². The minimum absolute atomic E-state index is 0.292. The van der Waals surface area contributed by atoms with Crippen molar-refractivity contribution in [1.82, 2.24) is 15.0 Å². The van der Waals surface area contributed by atoms with Crippen molar-refractivity contribution in [1.29, 1.82) is 0 Å². The average molecular weight is 182 g/mol. The van der Waals surface area contributed by atoms with Crippen LogP contribution in [0.4, 0.5) is 5.82 Å². The normalized spacial score (nSPS) is 14.5. The van der Waals surface area contributed by atoms with E-state index in [1.54, 1.807) is 10.9 Å². The van der Waals surface area contributed by atoms with Gasteiger partial charge in [0.1, 0.15) is 0 Å². The van der Waals surface area contributed by atoms with Crippen molar-refractivity contribution < 1.29 is 0 Å². The lowest BCUT2D eigenvalue weighted by Crippen LogP contribution is -2.22. The molecule has 74 valence electrons. The first-order chi connectivity index (χ1) is 5.89. The minimum Gasteiger partial charge on any atom is -0.381 e. The van der Waals surface area contributed by atoms with Crippen LogP contribution in [0.3, 0.4) is 0 Å². The zero-order valence-corrected chi connectivity index (χ0v) is 8.78. The highest BCUT2D eigenvalue weighted by atomic mass is 15.4. The molecule has 0 aliphatic heterocycles. The molecule has 0 radical (unpaired) electrons. The van der Waals surface area contributed by atoms with Gasteiger partial charge in [0.2, 0.25) is 0 Å². The van der Waals surface area contributed by atoms with Gasteiger partial charge in [-0.25, -0.2) is 0 Å². The molecule has 1 atom stereocenters. The molecular weight excluding hydrogens is 164 g/mol. The van der Waals surface area contributed by atoms with Gasteiger partial charge in [-0.2, -0.15) is 0 Å². The van der Waals surface area contributed by atoms with Crippen LogP contribution in [0.2, 0.25) is 0 Å². The Morgan fingerprint density at radius 1 is 1.54 bits per heavy atom. The summed E-state index contributed by atoms with van der Waals surface area (Å²) in [6.45, 7) is 9.74. The third kappa shape index (κ3) is 2.72. The number of nitrogen functional groups attached to an aromatic ring is 1. The van der Waals surface area contributed by atoms with Crippen molar-refractivity contribution in [3.63, 3.8) is 0 Å². The minimum atomic E-state index is 0.292. The van der Waals surface area contributed by atoms with E-state index in [2.05, 4.69) is 38.0 Å². The van der Waals surface area contributed by atoms with Gasteiger partial charge >= 0.3 is 0 Å². The van der Waals surface area contributed by atoms with Crippen LogP contribution in [0.15, 0.2) is 6.20 Å². The largest absolute Gasteiger partial charge is 0.381 e. The van der Waals surface area contributed by atoms with Gasteiger partial charge < -0.3 is 5.73 Å². The summed E-state index contributed by atoms with van der Waals surface area (Å²) < 4.78 is 1.80. The van der Waals surface area contributed by atoms with Crippen LogP contribution in [0.1, 0.15) is 27.7 Å². The average Bonchev–Trinajstić information content (AvgIpc) is 2.33. The van der Waals surface area contributed by atoms with Crippen LogP contribution < -0.4 is 5.73 Å². The predicted molar refractivity (Wildman–Crippen MR) is 53.1 cm³/mol. The Hall–Kier alpha value is -1.06. The number of anilines is 1. The quantitative estimate of drug-likeness (QED) is 0.754. The van der Waals surface area contributed by atoms with Crippen LogP contribution in [-0.4, -0.2) is 15.0 Å². The van der Waals surface area contributed by atoms with Gasteiger partial charge in [-0.05, 0) is 11.3 Å². The number of hydrogen-bond donors (Lipinski definition) is 1. The molecule has 0 aliphatic carbocycles. The second-order valence-corrected chi connectivity index (χ2v) is 4.63. The first-order valence-corrected chi connectivity index (χ1v) is 4.55. The van der Waals surface area contributed by atoms with Gasteiger partial charge in [-0.15, -0.1) is 5.10 Å². The van der Waals surface area contributed by atoms with E-state index >= 15 is 0 Å². The smallest absolute Gasteiger partial charge is 0.165 e. The van der Waals surface area contributed by atoms with Gasteiger partial charge in [0.25, 0.3) is 0 Å². The summed E-state index contributed by atoms with van der Waals surface area (Å²) in [6, 6.07) is 0. The number of rotatable bonds is 2. The Balaban J connectivity index is 2.60. The fraction of sp³-hybridized carbons (Fsp3) is 0.778. The molecule has 0 bridgehead atoms. The van der Waals surface area contributed by atoms with Crippen LogP contribution in [-0.2, 0) is 6.54 Å². The third-order valence-electron chi connectivity index (χ3n) is 2.50. The highest BCUT2D eigenvalue weighted by molar-refractivity contribution is 5.19. The second kappa shape index (κ2) is 3.36. The summed E-state index contributed by atoms with van der Waals surface area (Å²) in [7, 11) is 0. The van der Waals surface area contributed by atoms with E-state index in [4.69, 9.17) is 5.73 Å². The van der Waals surface area contributed by atoms with E-state index in [1.807, 2.05) is 0 Å². The first-order valence-electron chi connectivity index (χ1n) is 4.55. The summed E-state index contributed by atoms with van der Waals surface area (Å²) in [4.78, 5) is 0. The topological polar surface area (TPSA) is 56.7 Å². The lowest BCUT2D eigenvalue weighted by molar-refractivity contribution is 0.224. The van der Waals surface area contributed by atoms with Crippen LogP contribution >= 0.6 is 0 Å². The number of aromatic nitrogens is 3. The van der Waals surface area contributed by atoms with Gasteiger partial charge in [0.05, 0.1) is 6.20 Å².